The zero-order valence-electron chi connectivity index (χ0n) is 11.2. The second-order valence-electron chi connectivity index (χ2n) is 4.81. The number of fused-ring (bicyclic) bond motifs is 1. The Bertz CT molecular complexity index is 848. The van der Waals surface area contributed by atoms with E-state index >= 15 is 0 Å². The Morgan fingerprint density at radius 3 is 2.35 bits per heavy atom. The van der Waals surface area contributed by atoms with E-state index in [1.807, 2.05) is 0 Å². The summed E-state index contributed by atoms with van der Waals surface area (Å²) in [6.07, 6.45) is -4.73. The van der Waals surface area contributed by atoms with Crippen LogP contribution in [0.2, 0.25) is 5.02 Å². The molecular weight excluding hydrogens is 335 g/mol. The number of anilines is 1. The fourth-order valence-electron chi connectivity index (χ4n) is 2.37. The number of aromatic hydroxyl groups is 1. The van der Waals surface area contributed by atoms with Gasteiger partial charge in [0.15, 0.2) is 0 Å². The van der Waals surface area contributed by atoms with Crippen molar-refractivity contribution >= 4 is 29.1 Å². The maximum atomic E-state index is 12.9. The largest absolute Gasteiger partial charge is 0.507 e. The molecule has 0 spiro atoms. The van der Waals surface area contributed by atoms with E-state index in [0.717, 1.165) is 12.1 Å². The molecule has 0 bridgehead atoms. The summed E-state index contributed by atoms with van der Waals surface area (Å²) in [7, 11) is 0. The van der Waals surface area contributed by atoms with E-state index in [0.29, 0.717) is 11.0 Å². The molecule has 2 aromatic rings. The molecule has 2 amide bonds. The number of phenols is 1. The van der Waals surface area contributed by atoms with Crippen molar-refractivity contribution in [2.45, 2.75) is 6.18 Å². The molecule has 0 atom stereocenters. The summed E-state index contributed by atoms with van der Waals surface area (Å²) in [5.74, 6) is -2.11. The maximum Gasteiger partial charge on any atom is 0.417 e. The van der Waals surface area contributed by atoms with E-state index in [-0.39, 0.29) is 16.8 Å². The van der Waals surface area contributed by atoms with Crippen LogP contribution in [0, 0.1) is 0 Å². The van der Waals surface area contributed by atoms with Crippen molar-refractivity contribution in [2.24, 2.45) is 0 Å². The standard InChI is InChI=1S/C15H7ClF3NO3/c16-10-5-4-7(6-9(10)15(17,18)19)20-13(22)8-2-1-3-11(21)12(8)14(20)23/h1-6,21H. The van der Waals surface area contributed by atoms with Crippen LogP contribution in [-0.4, -0.2) is 16.9 Å². The number of imide groups is 1. The van der Waals surface area contributed by atoms with Crippen molar-refractivity contribution < 1.29 is 27.9 Å². The number of hydrogen-bond acceptors (Lipinski definition) is 3. The van der Waals surface area contributed by atoms with Gasteiger partial charge in [0.2, 0.25) is 0 Å². The van der Waals surface area contributed by atoms with Gasteiger partial charge in [-0.2, -0.15) is 13.2 Å². The topological polar surface area (TPSA) is 57.6 Å². The summed E-state index contributed by atoms with van der Waals surface area (Å²) in [6, 6.07) is 6.62. The fraction of sp³-hybridized carbons (Fsp3) is 0.0667. The number of halogens is 4. The Morgan fingerprint density at radius 1 is 1.04 bits per heavy atom. The normalized spacial score (nSPS) is 14.3. The average Bonchev–Trinajstić information content (AvgIpc) is 2.72. The Balaban J connectivity index is 2.13. The van der Waals surface area contributed by atoms with Crippen LogP contribution in [0.25, 0.3) is 0 Å². The highest BCUT2D eigenvalue weighted by molar-refractivity contribution is 6.35. The van der Waals surface area contributed by atoms with E-state index in [2.05, 4.69) is 0 Å². The highest BCUT2D eigenvalue weighted by atomic mass is 35.5. The van der Waals surface area contributed by atoms with Gasteiger partial charge in [-0.05, 0) is 30.3 Å². The summed E-state index contributed by atoms with van der Waals surface area (Å²) in [4.78, 5) is 25.2. The van der Waals surface area contributed by atoms with Crippen LogP contribution in [0.4, 0.5) is 18.9 Å². The molecule has 0 aliphatic carbocycles. The molecule has 4 nitrogen and oxygen atoms in total. The smallest absolute Gasteiger partial charge is 0.417 e. The monoisotopic (exact) mass is 341 g/mol. The molecule has 1 heterocycles. The first-order valence-electron chi connectivity index (χ1n) is 6.29. The van der Waals surface area contributed by atoms with E-state index in [1.165, 1.54) is 18.2 Å². The van der Waals surface area contributed by atoms with E-state index in [4.69, 9.17) is 11.6 Å². The third kappa shape index (κ3) is 2.33. The lowest BCUT2D eigenvalue weighted by atomic mass is 10.1. The van der Waals surface area contributed by atoms with Crippen LogP contribution < -0.4 is 4.90 Å². The van der Waals surface area contributed by atoms with Crippen LogP contribution in [-0.2, 0) is 6.18 Å². The Morgan fingerprint density at radius 2 is 1.74 bits per heavy atom. The number of rotatable bonds is 1. The molecule has 2 aromatic carbocycles. The molecule has 1 N–H and O–H groups in total. The molecule has 0 fully saturated rings. The molecule has 8 heteroatoms. The van der Waals surface area contributed by atoms with Crippen molar-refractivity contribution in [3.8, 4) is 5.75 Å². The van der Waals surface area contributed by atoms with E-state index in [9.17, 15) is 27.9 Å². The highest BCUT2D eigenvalue weighted by Gasteiger charge is 2.40. The first-order valence-corrected chi connectivity index (χ1v) is 6.67. The van der Waals surface area contributed by atoms with Crippen LogP contribution in [0.1, 0.15) is 26.3 Å². The number of carbonyl (C=O) groups excluding carboxylic acids is 2. The minimum atomic E-state index is -4.73. The maximum absolute atomic E-state index is 12.9. The number of nitrogens with zero attached hydrogens (tertiary/aromatic N) is 1. The molecule has 0 saturated heterocycles. The zero-order valence-corrected chi connectivity index (χ0v) is 11.9. The second-order valence-corrected chi connectivity index (χ2v) is 5.21. The van der Waals surface area contributed by atoms with Gasteiger partial charge in [0.25, 0.3) is 11.8 Å². The van der Waals surface area contributed by atoms with Gasteiger partial charge in [-0.3, -0.25) is 9.59 Å². The van der Waals surface area contributed by atoms with Crippen molar-refractivity contribution in [2.75, 3.05) is 4.90 Å². The first kappa shape index (κ1) is 15.4. The fourth-order valence-corrected chi connectivity index (χ4v) is 2.60. The number of carbonyl (C=O) groups is 2. The minimum absolute atomic E-state index is 0.0708. The van der Waals surface area contributed by atoms with Gasteiger partial charge in [0.05, 0.1) is 27.4 Å². The molecule has 1 aliphatic heterocycles. The molecule has 3 rings (SSSR count). The molecule has 118 valence electrons. The molecule has 0 aromatic heterocycles. The predicted octanol–water partition coefficient (Wildman–Crippen LogP) is 3.87. The van der Waals surface area contributed by atoms with Gasteiger partial charge in [0, 0.05) is 0 Å². The summed E-state index contributed by atoms with van der Waals surface area (Å²) in [6.45, 7) is 0. The zero-order chi connectivity index (χ0) is 16.9. The molecule has 0 unspecified atom stereocenters. The van der Waals surface area contributed by atoms with Crippen molar-refractivity contribution in [3.05, 3.63) is 58.1 Å². The van der Waals surface area contributed by atoms with Gasteiger partial charge < -0.3 is 5.11 Å². The molecule has 0 radical (unpaired) electrons. The molecular formula is C15H7ClF3NO3. The predicted molar refractivity (Wildman–Crippen MR) is 75.7 cm³/mol. The summed E-state index contributed by atoms with van der Waals surface area (Å²) in [5, 5.41) is 9.17. The Kier molecular flexibility index (Phi) is 3.33. The van der Waals surface area contributed by atoms with Crippen LogP contribution in [0.15, 0.2) is 36.4 Å². The number of benzene rings is 2. The SMILES string of the molecule is O=C1c2cccc(O)c2C(=O)N1c1ccc(Cl)c(C(F)(F)F)c1. The van der Waals surface area contributed by atoms with Crippen LogP contribution in [0.5, 0.6) is 5.75 Å². The van der Waals surface area contributed by atoms with E-state index < -0.39 is 34.3 Å². The quantitative estimate of drug-likeness (QED) is 0.801. The average molecular weight is 342 g/mol. The first-order chi connectivity index (χ1) is 10.7. The lowest BCUT2D eigenvalue weighted by molar-refractivity contribution is -0.137. The van der Waals surface area contributed by atoms with Crippen molar-refractivity contribution in [3.63, 3.8) is 0 Å². The molecule has 0 saturated carbocycles. The number of hydrogen-bond donors (Lipinski definition) is 1. The van der Waals surface area contributed by atoms with Crippen LogP contribution in [0.3, 0.4) is 0 Å². The summed E-state index contributed by atoms with van der Waals surface area (Å²) >= 11 is 5.53. The van der Waals surface area contributed by atoms with Gasteiger partial charge >= 0.3 is 6.18 Å². The van der Waals surface area contributed by atoms with Crippen molar-refractivity contribution in [1.82, 2.24) is 0 Å². The van der Waals surface area contributed by atoms with Crippen LogP contribution >= 0.6 is 11.6 Å². The lowest BCUT2D eigenvalue weighted by Crippen LogP contribution is -2.29. The van der Waals surface area contributed by atoms with Gasteiger partial charge in [-0.15, -0.1) is 0 Å². The lowest BCUT2D eigenvalue weighted by Gasteiger charge is -2.17. The number of phenolic OH excluding ortho intramolecular Hbond substituents is 1. The van der Waals surface area contributed by atoms with Gasteiger partial charge in [-0.1, -0.05) is 17.7 Å². The second kappa shape index (κ2) is 4.99. The third-order valence-electron chi connectivity index (χ3n) is 3.41. The Labute approximate surface area is 132 Å². The number of amides is 2. The summed E-state index contributed by atoms with van der Waals surface area (Å²) < 4.78 is 38.8. The minimum Gasteiger partial charge on any atom is -0.507 e. The van der Waals surface area contributed by atoms with E-state index in [1.54, 1.807) is 0 Å². The highest BCUT2D eigenvalue weighted by Crippen LogP contribution is 2.39. The Hall–Kier alpha value is -2.54. The third-order valence-corrected chi connectivity index (χ3v) is 3.74. The van der Waals surface area contributed by atoms with Gasteiger partial charge in [0.1, 0.15) is 5.75 Å². The van der Waals surface area contributed by atoms with Crippen molar-refractivity contribution in [1.29, 1.82) is 0 Å². The van der Waals surface area contributed by atoms with Gasteiger partial charge in [-0.25, -0.2) is 4.90 Å². The number of alkyl halides is 3. The molecule has 23 heavy (non-hydrogen) atoms. The molecule has 1 aliphatic rings. The summed E-state index contributed by atoms with van der Waals surface area (Å²) in [5.41, 5.74) is -1.73.